The first-order valence-corrected chi connectivity index (χ1v) is 12.8. The molecule has 1 heterocycles. The van der Waals surface area contributed by atoms with Crippen molar-refractivity contribution in [2.45, 2.75) is 77.0 Å². The highest BCUT2D eigenvalue weighted by Gasteiger charge is 2.42. The van der Waals surface area contributed by atoms with Gasteiger partial charge in [-0.1, -0.05) is 74.9 Å². The van der Waals surface area contributed by atoms with Crippen LogP contribution >= 0.6 is 0 Å². The van der Waals surface area contributed by atoms with Crippen molar-refractivity contribution >= 4 is 5.70 Å². The minimum atomic E-state index is 0.536. The molecular formula is C30H39N. The molecule has 1 saturated heterocycles. The molecule has 2 atom stereocenters. The molecule has 5 rings (SSSR count). The van der Waals surface area contributed by atoms with Crippen molar-refractivity contribution in [3.05, 3.63) is 77.4 Å². The van der Waals surface area contributed by atoms with E-state index in [2.05, 4.69) is 66.9 Å². The number of aryl methyl sites for hydroxylation is 1. The summed E-state index contributed by atoms with van der Waals surface area (Å²) in [5.74, 6) is 1.65. The van der Waals surface area contributed by atoms with E-state index in [4.69, 9.17) is 0 Å². The summed E-state index contributed by atoms with van der Waals surface area (Å²) in [7, 11) is 0. The average molecular weight is 414 g/mol. The maximum absolute atomic E-state index is 4.59. The summed E-state index contributed by atoms with van der Waals surface area (Å²) in [6.45, 7) is 9.32. The van der Waals surface area contributed by atoms with Crippen LogP contribution in [-0.4, -0.2) is 18.0 Å². The van der Waals surface area contributed by atoms with E-state index in [9.17, 15) is 0 Å². The zero-order valence-corrected chi connectivity index (χ0v) is 19.4. The molecule has 1 nitrogen and oxygen atoms in total. The van der Waals surface area contributed by atoms with E-state index in [1.165, 1.54) is 88.6 Å². The number of rotatable bonds is 5. The van der Waals surface area contributed by atoms with E-state index in [1.54, 1.807) is 16.7 Å². The van der Waals surface area contributed by atoms with Crippen LogP contribution in [0.25, 0.3) is 5.70 Å². The third kappa shape index (κ3) is 4.21. The standard InChI is InChI=1S/C30H39N/c1-3-9-24-20-27(25-10-5-4-6-11-25)22-30(21-24)16-18-31(19-17-30)23(2)28-14-7-12-26-13-8-15-29(26)28/h4-7,10-12,14,24,27H,2-3,8-9,13,15-22H2,1H3. The number of hydrogen-bond acceptors (Lipinski definition) is 1. The second-order valence-corrected chi connectivity index (χ2v) is 10.6. The highest BCUT2D eigenvalue weighted by Crippen LogP contribution is 2.53. The van der Waals surface area contributed by atoms with Gasteiger partial charge in [-0.3, -0.25) is 0 Å². The summed E-state index contributed by atoms with van der Waals surface area (Å²) >= 11 is 0. The quantitative estimate of drug-likeness (QED) is 0.487. The highest BCUT2D eigenvalue weighted by molar-refractivity contribution is 5.67. The van der Waals surface area contributed by atoms with Gasteiger partial charge < -0.3 is 4.90 Å². The summed E-state index contributed by atoms with van der Waals surface area (Å²) in [6.07, 6.45) is 13.4. The van der Waals surface area contributed by atoms with Crippen LogP contribution in [0, 0.1) is 11.3 Å². The predicted octanol–water partition coefficient (Wildman–Crippen LogP) is 7.61. The first-order valence-electron chi connectivity index (χ1n) is 12.8. The van der Waals surface area contributed by atoms with Gasteiger partial charge in [0.1, 0.15) is 0 Å². The molecule has 0 N–H and O–H groups in total. The molecule has 0 radical (unpaired) electrons. The van der Waals surface area contributed by atoms with Crippen LogP contribution in [0.1, 0.15) is 86.5 Å². The van der Waals surface area contributed by atoms with Gasteiger partial charge in [-0.05, 0) is 85.3 Å². The summed E-state index contributed by atoms with van der Waals surface area (Å²) in [4.78, 5) is 2.61. The molecule has 164 valence electrons. The Morgan fingerprint density at radius 3 is 2.58 bits per heavy atom. The summed E-state index contributed by atoms with van der Waals surface area (Å²) in [5, 5.41) is 0. The lowest BCUT2D eigenvalue weighted by molar-refractivity contribution is 0.0510. The van der Waals surface area contributed by atoms with Gasteiger partial charge in [0, 0.05) is 24.4 Å². The Kier molecular flexibility index (Phi) is 5.95. The molecule has 0 bridgehead atoms. The van der Waals surface area contributed by atoms with E-state index in [-0.39, 0.29) is 0 Å². The molecule has 2 aromatic rings. The number of piperidine rings is 1. The van der Waals surface area contributed by atoms with Crippen molar-refractivity contribution in [1.82, 2.24) is 4.90 Å². The van der Waals surface area contributed by atoms with Gasteiger partial charge in [-0.2, -0.15) is 0 Å². The summed E-state index contributed by atoms with van der Waals surface area (Å²) in [5.41, 5.74) is 7.97. The van der Waals surface area contributed by atoms with Crippen molar-refractivity contribution in [3.8, 4) is 0 Å². The van der Waals surface area contributed by atoms with Gasteiger partial charge in [0.15, 0.2) is 0 Å². The van der Waals surface area contributed by atoms with Gasteiger partial charge >= 0.3 is 0 Å². The molecule has 2 unspecified atom stereocenters. The van der Waals surface area contributed by atoms with Crippen molar-refractivity contribution < 1.29 is 0 Å². The van der Waals surface area contributed by atoms with E-state index in [0.29, 0.717) is 5.41 Å². The fourth-order valence-corrected chi connectivity index (χ4v) is 7.11. The predicted molar refractivity (Wildman–Crippen MR) is 132 cm³/mol. The average Bonchev–Trinajstić information content (AvgIpc) is 3.29. The van der Waals surface area contributed by atoms with Crippen LogP contribution in [0.15, 0.2) is 55.1 Å². The fourth-order valence-electron chi connectivity index (χ4n) is 7.11. The second-order valence-electron chi connectivity index (χ2n) is 10.6. The molecule has 1 saturated carbocycles. The molecule has 3 aliphatic rings. The molecule has 0 aromatic heterocycles. The first-order chi connectivity index (χ1) is 15.2. The monoisotopic (exact) mass is 413 g/mol. The van der Waals surface area contributed by atoms with Gasteiger partial charge in [0.25, 0.3) is 0 Å². The molecule has 1 spiro atoms. The number of benzene rings is 2. The minimum absolute atomic E-state index is 0.536. The van der Waals surface area contributed by atoms with Crippen LogP contribution in [0.5, 0.6) is 0 Å². The Hall–Kier alpha value is -2.02. The maximum Gasteiger partial charge on any atom is 0.0369 e. The second kappa shape index (κ2) is 8.85. The molecule has 1 aliphatic heterocycles. The van der Waals surface area contributed by atoms with Crippen LogP contribution < -0.4 is 0 Å². The fraction of sp³-hybridized carbons (Fsp3) is 0.533. The molecule has 31 heavy (non-hydrogen) atoms. The first kappa shape index (κ1) is 20.9. The Labute approximate surface area is 189 Å². The smallest absolute Gasteiger partial charge is 0.0369 e. The molecule has 2 fully saturated rings. The lowest BCUT2D eigenvalue weighted by atomic mass is 9.59. The zero-order chi connectivity index (χ0) is 21.3. The third-order valence-corrected chi connectivity index (χ3v) is 8.65. The van der Waals surface area contributed by atoms with Crippen molar-refractivity contribution in [2.24, 2.45) is 11.3 Å². The highest BCUT2D eigenvalue weighted by atomic mass is 15.1. The topological polar surface area (TPSA) is 3.24 Å². The summed E-state index contributed by atoms with van der Waals surface area (Å²) < 4.78 is 0. The van der Waals surface area contributed by atoms with E-state index in [0.717, 1.165) is 11.8 Å². The minimum Gasteiger partial charge on any atom is -0.371 e. The number of nitrogens with zero attached hydrogens (tertiary/aromatic N) is 1. The number of fused-ring (bicyclic) bond motifs is 1. The number of likely N-dealkylation sites (tertiary alicyclic amines) is 1. The van der Waals surface area contributed by atoms with Crippen molar-refractivity contribution in [2.75, 3.05) is 13.1 Å². The SMILES string of the molecule is C=C(c1cccc2c1CCC2)N1CCC2(CC1)CC(CCC)CC(c1ccccc1)C2. The maximum atomic E-state index is 4.59. The normalized spacial score (nSPS) is 24.9. The molecule has 2 aromatic carbocycles. The largest absolute Gasteiger partial charge is 0.371 e. The van der Waals surface area contributed by atoms with Crippen LogP contribution in [0.2, 0.25) is 0 Å². The summed E-state index contributed by atoms with van der Waals surface area (Å²) in [6, 6.07) is 18.3. The van der Waals surface area contributed by atoms with Crippen LogP contribution in [0.3, 0.4) is 0 Å². The molecule has 2 aliphatic carbocycles. The van der Waals surface area contributed by atoms with Gasteiger partial charge in [0.05, 0.1) is 0 Å². The van der Waals surface area contributed by atoms with Crippen LogP contribution in [-0.2, 0) is 12.8 Å². The van der Waals surface area contributed by atoms with Gasteiger partial charge in [0.2, 0.25) is 0 Å². The van der Waals surface area contributed by atoms with Crippen LogP contribution in [0.4, 0.5) is 0 Å². The lowest BCUT2D eigenvalue weighted by Gasteiger charge is -2.50. The van der Waals surface area contributed by atoms with Gasteiger partial charge in [-0.25, -0.2) is 0 Å². The Morgan fingerprint density at radius 2 is 1.81 bits per heavy atom. The molecular weight excluding hydrogens is 374 g/mol. The molecule has 0 amide bonds. The number of hydrogen-bond donors (Lipinski definition) is 0. The zero-order valence-electron chi connectivity index (χ0n) is 19.4. The molecule has 1 heteroatoms. The Bertz CT molecular complexity index is 903. The van der Waals surface area contributed by atoms with Crippen molar-refractivity contribution in [1.29, 1.82) is 0 Å². The van der Waals surface area contributed by atoms with Crippen molar-refractivity contribution in [3.63, 3.8) is 0 Å². The Balaban J connectivity index is 1.31. The van der Waals surface area contributed by atoms with E-state index < -0.39 is 0 Å². The third-order valence-electron chi connectivity index (χ3n) is 8.65. The lowest BCUT2D eigenvalue weighted by Crippen LogP contribution is -2.43. The Morgan fingerprint density at radius 1 is 1.00 bits per heavy atom. The van der Waals surface area contributed by atoms with Gasteiger partial charge in [-0.15, -0.1) is 0 Å². The van der Waals surface area contributed by atoms with E-state index >= 15 is 0 Å². The van der Waals surface area contributed by atoms with E-state index in [1.807, 2.05) is 0 Å².